The molecule has 3 rings (SSSR count). The van der Waals surface area contributed by atoms with Gasteiger partial charge in [0.25, 0.3) is 5.91 Å². The number of hydrogen-bond acceptors (Lipinski definition) is 4. The molecule has 31 heavy (non-hydrogen) atoms. The second kappa shape index (κ2) is 10.6. The van der Waals surface area contributed by atoms with Crippen LogP contribution < -0.4 is 4.74 Å². The van der Waals surface area contributed by atoms with Crippen molar-refractivity contribution in [3.8, 4) is 5.75 Å². The first-order valence-corrected chi connectivity index (χ1v) is 10.7. The second-order valence-corrected chi connectivity index (χ2v) is 7.93. The van der Waals surface area contributed by atoms with Gasteiger partial charge in [-0.15, -0.1) is 0 Å². The van der Waals surface area contributed by atoms with E-state index in [0.29, 0.717) is 51.4 Å². The van der Waals surface area contributed by atoms with Gasteiger partial charge in [0, 0.05) is 39.8 Å². The lowest BCUT2D eigenvalue weighted by Crippen LogP contribution is -2.51. The topological polar surface area (TPSA) is 53.1 Å². The summed E-state index contributed by atoms with van der Waals surface area (Å²) in [4.78, 5) is 30.7. The molecule has 2 aromatic rings. The molecule has 0 bridgehead atoms. The van der Waals surface area contributed by atoms with Crippen LogP contribution in [-0.4, -0.2) is 72.9 Å². The summed E-state index contributed by atoms with van der Waals surface area (Å²) in [5.74, 6) is 0.146. The number of halogens is 2. The maximum Gasteiger partial charge on any atom is 0.255 e. The summed E-state index contributed by atoms with van der Waals surface area (Å²) in [5.41, 5.74) is 1.33. The Morgan fingerprint density at radius 1 is 1.10 bits per heavy atom. The Morgan fingerprint density at radius 3 is 2.39 bits per heavy atom. The molecule has 1 aliphatic rings. The molecule has 0 unspecified atom stereocenters. The van der Waals surface area contributed by atoms with E-state index < -0.39 is 5.82 Å². The lowest BCUT2D eigenvalue weighted by atomic mass is 10.1. The molecule has 1 heterocycles. The Morgan fingerprint density at radius 2 is 1.77 bits per heavy atom. The minimum atomic E-state index is -0.473. The number of nitrogens with zero attached hydrogens (tertiary/aromatic N) is 3. The van der Waals surface area contributed by atoms with Gasteiger partial charge in [0.2, 0.25) is 5.91 Å². The maximum atomic E-state index is 13.2. The third-order valence-corrected chi connectivity index (χ3v) is 5.57. The molecule has 2 aromatic carbocycles. The van der Waals surface area contributed by atoms with Gasteiger partial charge in [-0.1, -0.05) is 23.7 Å². The van der Waals surface area contributed by atoms with Gasteiger partial charge in [-0.05, 0) is 42.8 Å². The van der Waals surface area contributed by atoms with Crippen LogP contribution in [0.15, 0.2) is 42.5 Å². The van der Waals surface area contributed by atoms with Crippen molar-refractivity contribution >= 4 is 23.4 Å². The number of ether oxygens (including phenoxy) is 1. The SMILES string of the molecule is CCOc1ccc(CN(C)C(=O)CN2CCN(C(=O)c3ccc(F)cc3Cl)CC2)cc1. The quantitative estimate of drug-likeness (QED) is 0.653. The summed E-state index contributed by atoms with van der Waals surface area (Å²) in [6, 6.07) is 11.5. The van der Waals surface area contributed by atoms with Crippen molar-refractivity contribution in [2.75, 3.05) is 46.4 Å². The lowest BCUT2D eigenvalue weighted by molar-refractivity contribution is -0.132. The number of likely N-dealkylation sites (N-methyl/N-ethyl adjacent to an activating group) is 1. The third-order valence-electron chi connectivity index (χ3n) is 5.26. The lowest BCUT2D eigenvalue weighted by Gasteiger charge is -2.35. The minimum Gasteiger partial charge on any atom is -0.494 e. The van der Waals surface area contributed by atoms with Gasteiger partial charge in [0.05, 0.1) is 23.7 Å². The Bertz CT molecular complexity index is 915. The van der Waals surface area contributed by atoms with Crippen LogP contribution in [0.3, 0.4) is 0 Å². The molecule has 0 saturated carbocycles. The van der Waals surface area contributed by atoms with Crippen molar-refractivity contribution in [2.45, 2.75) is 13.5 Å². The molecule has 0 N–H and O–H groups in total. The number of piperazine rings is 1. The summed E-state index contributed by atoms with van der Waals surface area (Å²) >= 11 is 6.01. The number of amides is 2. The van der Waals surface area contributed by atoms with E-state index in [4.69, 9.17) is 16.3 Å². The fourth-order valence-corrected chi connectivity index (χ4v) is 3.72. The number of rotatable bonds is 7. The van der Waals surface area contributed by atoms with Crippen LogP contribution in [0.2, 0.25) is 5.02 Å². The molecule has 0 radical (unpaired) electrons. The minimum absolute atomic E-state index is 0.0234. The fourth-order valence-electron chi connectivity index (χ4n) is 3.47. The average molecular weight is 448 g/mol. The molecule has 1 saturated heterocycles. The first-order valence-electron chi connectivity index (χ1n) is 10.3. The summed E-state index contributed by atoms with van der Waals surface area (Å²) in [6.07, 6.45) is 0. The van der Waals surface area contributed by atoms with E-state index in [0.717, 1.165) is 17.4 Å². The fraction of sp³-hybridized carbons (Fsp3) is 0.391. The van der Waals surface area contributed by atoms with Gasteiger partial charge < -0.3 is 14.5 Å². The van der Waals surface area contributed by atoms with E-state index in [2.05, 4.69) is 0 Å². The molecule has 1 fully saturated rings. The highest BCUT2D eigenvalue weighted by Crippen LogP contribution is 2.20. The second-order valence-electron chi connectivity index (χ2n) is 7.52. The molecule has 8 heteroatoms. The van der Waals surface area contributed by atoms with Crippen molar-refractivity contribution in [1.29, 1.82) is 0 Å². The van der Waals surface area contributed by atoms with Crippen LogP contribution in [0.4, 0.5) is 4.39 Å². The summed E-state index contributed by atoms with van der Waals surface area (Å²) in [5, 5.41) is 0.110. The van der Waals surface area contributed by atoms with Crippen molar-refractivity contribution in [2.24, 2.45) is 0 Å². The van der Waals surface area contributed by atoms with Gasteiger partial charge in [0.15, 0.2) is 0 Å². The normalized spacial score (nSPS) is 14.4. The van der Waals surface area contributed by atoms with Crippen molar-refractivity contribution in [1.82, 2.24) is 14.7 Å². The number of carbonyl (C=O) groups excluding carboxylic acids is 2. The molecule has 1 aliphatic heterocycles. The van der Waals surface area contributed by atoms with Gasteiger partial charge in [0.1, 0.15) is 11.6 Å². The van der Waals surface area contributed by atoms with E-state index in [9.17, 15) is 14.0 Å². The Kier molecular flexibility index (Phi) is 7.87. The molecule has 0 spiro atoms. The monoisotopic (exact) mass is 447 g/mol. The predicted molar refractivity (Wildman–Crippen MR) is 118 cm³/mol. The van der Waals surface area contributed by atoms with Crippen LogP contribution >= 0.6 is 11.6 Å². The summed E-state index contributed by atoms with van der Waals surface area (Å²) in [6.45, 7) is 5.53. The zero-order valence-corrected chi connectivity index (χ0v) is 18.6. The number of benzene rings is 2. The van der Waals surface area contributed by atoms with Gasteiger partial charge in [-0.2, -0.15) is 0 Å². The number of hydrogen-bond donors (Lipinski definition) is 0. The molecule has 6 nitrogen and oxygen atoms in total. The van der Waals surface area contributed by atoms with Crippen LogP contribution in [0.1, 0.15) is 22.8 Å². The highest BCUT2D eigenvalue weighted by Gasteiger charge is 2.25. The van der Waals surface area contributed by atoms with Crippen molar-refractivity contribution in [3.63, 3.8) is 0 Å². The number of carbonyl (C=O) groups is 2. The first kappa shape index (κ1) is 23.0. The van der Waals surface area contributed by atoms with Crippen LogP contribution in [0.25, 0.3) is 0 Å². The Labute approximate surface area is 187 Å². The Hall–Kier alpha value is -2.64. The zero-order valence-electron chi connectivity index (χ0n) is 17.8. The first-order chi connectivity index (χ1) is 14.9. The maximum absolute atomic E-state index is 13.2. The van der Waals surface area contributed by atoms with Crippen molar-refractivity contribution < 1.29 is 18.7 Å². The van der Waals surface area contributed by atoms with Gasteiger partial charge >= 0.3 is 0 Å². The van der Waals surface area contributed by atoms with Crippen molar-refractivity contribution in [3.05, 3.63) is 64.4 Å². The molecular weight excluding hydrogens is 421 g/mol. The van der Waals surface area contributed by atoms with E-state index in [-0.39, 0.29) is 16.8 Å². The largest absolute Gasteiger partial charge is 0.494 e. The van der Waals surface area contributed by atoms with Gasteiger partial charge in [-0.25, -0.2) is 4.39 Å². The average Bonchev–Trinajstić information content (AvgIpc) is 2.75. The summed E-state index contributed by atoms with van der Waals surface area (Å²) in [7, 11) is 1.79. The summed E-state index contributed by atoms with van der Waals surface area (Å²) < 4.78 is 18.7. The molecule has 0 atom stereocenters. The molecular formula is C23H27ClFN3O3. The third kappa shape index (κ3) is 6.18. The predicted octanol–water partition coefficient (Wildman–Crippen LogP) is 3.29. The highest BCUT2D eigenvalue weighted by molar-refractivity contribution is 6.33. The van der Waals surface area contributed by atoms with Gasteiger partial charge in [-0.3, -0.25) is 14.5 Å². The van der Waals surface area contributed by atoms with Crippen LogP contribution in [0.5, 0.6) is 5.75 Å². The Balaban J connectivity index is 1.47. The van der Waals surface area contributed by atoms with E-state index in [1.54, 1.807) is 16.8 Å². The molecule has 0 aliphatic carbocycles. The molecule has 2 amide bonds. The van der Waals surface area contributed by atoms with E-state index in [1.165, 1.54) is 12.1 Å². The smallest absolute Gasteiger partial charge is 0.255 e. The molecule has 166 valence electrons. The molecule has 0 aromatic heterocycles. The van der Waals surface area contributed by atoms with E-state index >= 15 is 0 Å². The highest BCUT2D eigenvalue weighted by atomic mass is 35.5. The zero-order chi connectivity index (χ0) is 22.4. The van der Waals surface area contributed by atoms with Crippen LogP contribution in [-0.2, 0) is 11.3 Å². The van der Waals surface area contributed by atoms with Crippen LogP contribution in [0, 0.1) is 5.82 Å². The standard InChI is InChI=1S/C23H27ClFN3O3/c1-3-31-19-7-4-17(5-8-19)15-26(2)22(29)16-27-10-12-28(13-11-27)23(30)20-9-6-18(25)14-21(20)24/h4-9,14H,3,10-13,15-16H2,1-2H3. The van der Waals surface area contributed by atoms with E-state index in [1.807, 2.05) is 36.1 Å².